The van der Waals surface area contributed by atoms with Gasteiger partial charge in [0.15, 0.2) is 0 Å². The minimum absolute atomic E-state index is 0.214. The van der Waals surface area contributed by atoms with Crippen LogP contribution in [-0.4, -0.2) is 16.5 Å². The number of nitrogens with one attached hydrogen (secondary N) is 1. The Kier molecular flexibility index (Phi) is 4.50. The maximum absolute atomic E-state index is 12.8. The number of aryl methyl sites for hydroxylation is 1. The van der Waals surface area contributed by atoms with Gasteiger partial charge < -0.3 is 11.1 Å². The van der Waals surface area contributed by atoms with E-state index in [0.29, 0.717) is 12.4 Å². The highest BCUT2D eigenvalue weighted by molar-refractivity contribution is 5.54. The molecule has 4 nitrogen and oxygen atoms in total. The van der Waals surface area contributed by atoms with E-state index in [1.54, 1.807) is 12.1 Å². The first kappa shape index (κ1) is 14.2. The number of nitrogens with zero attached hydrogens (tertiary/aromatic N) is 2. The Morgan fingerprint density at radius 2 is 1.90 bits per heavy atom. The number of rotatable bonds is 5. The van der Waals surface area contributed by atoms with Gasteiger partial charge in [-0.2, -0.15) is 0 Å². The van der Waals surface area contributed by atoms with Gasteiger partial charge in [0, 0.05) is 18.5 Å². The van der Waals surface area contributed by atoms with Crippen LogP contribution in [0.25, 0.3) is 0 Å². The molecule has 0 radical (unpaired) electrons. The molecule has 5 heteroatoms. The summed E-state index contributed by atoms with van der Waals surface area (Å²) in [6, 6.07) is 6.52. The Labute approximate surface area is 118 Å². The normalized spacial score (nSPS) is 10.6. The van der Waals surface area contributed by atoms with Gasteiger partial charge in [0.05, 0.1) is 0 Å². The molecule has 0 aliphatic carbocycles. The van der Waals surface area contributed by atoms with Crippen LogP contribution in [-0.2, 0) is 12.8 Å². The molecule has 1 aromatic heterocycles. The molecule has 0 bridgehead atoms. The standard InChI is InChI=1S/C15H19FN4/c1-3-13-19-14(17)10(2)15(20-13)18-9-8-11-4-6-12(16)7-5-11/h4-7H,3,8-9H2,1-2H3,(H3,17,18,19,20). The summed E-state index contributed by atoms with van der Waals surface area (Å²) in [6.45, 7) is 4.60. The predicted octanol–water partition coefficient (Wildman–Crippen LogP) is 2.72. The third-order valence-corrected chi connectivity index (χ3v) is 3.17. The molecule has 0 saturated carbocycles. The van der Waals surface area contributed by atoms with Gasteiger partial charge in [0.2, 0.25) is 0 Å². The highest BCUT2D eigenvalue weighted by Crippen LogP contribution is 2.17. The molecule has 0 fully saturated rings. The Bertz CT molecular complexity index is 581. The lowest BCUT2D eigenvalue weighted by Crippen LogP contribution is -2.11. The summed E-state index contributed by atoms with van der Waals surface area (Å²) in [5.74, 6) is 1.81. The number of aromatic nitrogens is 2. The molecule has 0 aliphatic heterocycles. The van der Waals surface area contributed by atoms with E-state index in [4.69, 9.17) is 5.73 Å². The third-order valence-electron chi connectivity index (χ3n) is 3.17. The summed E-state index contributed by atoms with van der Waals surface area (Å²) in [6.07, 6.45) is 1.54. The number of hydrogen-bond acceptors (Lipinski definition) is 4. The van der Waals surface area contributed by atoms with Crippen molar-refractivity contribution in [2.24, 2.45) is 0 Å². The molecule has 0 unspecified atom stereocenters. The van der Waals surface area contributed by atoms with Gasteiger partial charge in [0.1, 0.15) is 23.3 Å². The quantitative estimate of drug-likeness (QED) is 0.880. The fourth-order valence-electron chi connectivity index (χ4n) is 1.89. The molecular formula is C15H19FN4. The number of benzene rings is 1. The SMILES string of the molecule is CCc1nc(N)c(C)c(NCCc2ccc(F)cc2)n1. The van der Waals surface area contributed by atoms with Crippen molar-refractivity contribution >= 4 is 11.6 Å². The van der Waals surface area contributed by atoms with Crippen LogP contribution < -0.4 is 11.1 Å². The van der Waals surface area contributed by atoms with Crippen LogP contribution >= 0.6 is 0 Å². The zero-order chi connectivity index (χ0) is 14.5. The second-order valence-electron chi connectivity index (χ2n) is 4.66. The summed E-state index contributed by atoms with van der Waals surface area (Å²) >= 11 is 0. The van der Waals surface area contributed by atoms with E-state index in [9.17, 15) is 4.39 Å². The highest BCUT2D eigenvalue weighted by atomic mass is 19.1. The first-order chi connectivity index (χ1) is 9.60. The summed E-state index contributed by atoms with van der Waals surface area (Å²) in [4.78, 5) is 8.65. The summed E-state index contributed by atoms with van der Waals surface area (Å²) in [5, 5.41) is 3.27. The lowest BCUT2D eigenvalue weighted by molar-refractivity contribution is 0.627. The largest absolute Gasteiger partial charge is 0.383 e. The van der Waals surface area contributed by atoms with E-state index in [0.717, 1.165) is 35.6 Å². The molecule has 0 aliphatic rings. The van der Waals surface area contributed by atoms with Crippen molar-refractivity contribution in [3.63, 3.8) is 0 Å². The van der Waals surface area contributed by atoms with E-state index in [2.05, 4.69) is 15.3 Å². The minimum Gasteiger partial charge on any atom is -0.383 e. The highest BCUT2D eigenvalue weighted by Gasteiger charge is 2.07. The molecule has 1 aromatic carbocycles. The van der Waals surface area contributed by atoms with E-state index < -0.39 is 0 Å². The Morgan fingerprint density at radius 1 is 1.20 bits per heavy atom. The van der Waals surface area contributed by atoms with Crippen molar-refractivity contribution in [1.29, 1.82) is 0 Å². The molecule has 20 heavy (non-hydrogen) atoms. The maximum atomic E-state index is 12.8. The smallest absolute Gasteiger partial charge is 0.134 e. The second-order valence-corrected chi connectivity index (χ2v) is 4.66. The maximum Gasteiger partial charge on any atom is 0.134 e. The zero-order valence-electron chi connectivity index (χ0n) is 11.8. The average Bonchev–Trinajstić information content (AvgIpc) is 2.45. The van der Waals surface area contributed by atoms with Crippen molar-refractivity contribution in [2.75, 3.05) is 17.6 Å². The molecule has 0 amide bonds. The van der Waals surface area contributed by atoms with Crippen molar-refractivity contribution in [3.05, 3.63) is 47.0 Å². The zero-order valence-corrected chi connectivity index (χ0v) is 11.8. The van der Waals surface area contributed by atoms with Crippen molar-refractivity contribution in [2.45, 2.75) is 26.7 Å². The van der Waals surface area contributed by atoms with Gasteiger partial charge in [-0.1, -0.05) is 19.1 Å². The summed E-state index contributed by atoms with van der Waals surface area (Å²) < 4.78 is 12.8. The van der Waals surface area contributed by atoms with E-state index >= 15 is 0 Å². The van der Waals surface area contributed by atoms with Crippen LogP contribution in [0, 0.1) is 12.7 Å². The van der Waals surface area contributed by atoms with Gasteiger partial charge in [-0.05, 0) is 31.0 Å². The topological polar surface area (TPSA) is 63.8 Å². The minimum atomic E-state index is -0.214. The Morgan fingerprint density at radius 3 is 2.55 bits per heavy atom. The number of halogens is 1. The second kappa shape index (κ2) is 6.32. The average molecular weight is 274 g/mol. The van der Waals surface area contributed by atoms with E-state index in [1.165, 1.54) is 12.1 Å². The molecule has 0 spiro atoms. The lowest BCUT2D eigenvalue weighted by atomic mass is 10.1. The van der Waals surface area contributed by atoms with Crippen LogP contribution in [0.2, 0.25) is 0 Å². The summed E-state index contributed by atoms with van der Waals surface area (Å²) in [7, 11) is 0. The first-order valence-electron chi connectivity index (χ1n) is 6.71. The molecular weight excluding hydrogens is 255 g/mol. The van der Waals surface area contributed by atoms with Gasteiger partial charge in [-0.25, -0.2) is 14.4 Å². The molecule has 106 valence electrons. The van der Waals surface area contributed by atoms with E-state index in [1.807, 2.05) is 13.8 Å². The lowest BCUT2D eigenvalue weighted by Gasteiger charge is -2.11. The van der Waals surface area contributed by atoms with Crippen LogP contribution in [0.15, 0.2) is 24.3 Å². The van der Waals surface area contributed by atoms with Gasteiger partial charge in [-0.15, -0.1) is 0 Å². The van der Waals surface area contributed by atoms with Crippen molar-refractivity contribution < 1.29 is 4.39 Å². The predicted molar refractivity (Wildman–Crippen MR) is 79.2 cm³/mol. The van der Waals surface area contributed by atoms with Crippen LogP contribution in [0.3, 0.4) is 0 Å². The third kappa shape index (κ3) is 3.44. The first-order valence-corrected chi connectivity index (χ1v) is 6.71. The van der Waals surface area contributed by atoms with Gasteiger partial charge in [0.25, 0.3) is 0 Å². The molecule has 2 aromatic rings. The Balaban J connectivity index is 2.00. The number of hydrogen-bond donors (Lipinski definition) is 2. The Hall–Kier alpha value is -2.17. The summed E-state index contributed by atoms with van der Waals surface area (Å²) in [5.41, 5.74) is 7.80. The molecule has 3 N–H and O–H groups in total. The monoisotopic (exact) mass is 274 g/mol. The molecule has 1 heterocycles. The number of anilines is 2. The fourth-order valence-corrected chi connectivity index (χ4v) is 1.89. The van der Waals surface area contributed by atoms with Crippen molar-refractivity contribution in [1.82, 2.24) is 9.97 Å². The van der Waals surface area contributed by atoms with E-state index in [-0.39, 0.29) is 5.82 Å². The number of nitrogen functional groups attached to an aromatic ring is 1. The van der Waals surface area contributed by atoms with Crippen LogP contribution in [0.1, 0.15) is 23.9 Å². The van der Waals surface area contributed by atoms with Crippen LogP contribution in [0.4, 0.5) is 16.0 Å². The molecule has 2 rings (SSSR count). The van der Waals surface area contributed by atoms with Gasteiger partial charge >= 0.3 is 0 Å². The number of nitrogens with two attached hydrogens (primary N) is 1. The fraction of sp³-hybridized carbons (Fsp3) is 0.333. The van der Waals surface area contributed by atoms with Gasteiger partial charge in [-0.3, -0.25) is 0 Å². The molecule has 0 saturated heterocycles. The molecule has 0 atom stereocenters. The van der Waals surface area contributed by atoms with Crippen molar-refractivity contribution in [3.8, 4) is 0 Å². The van der Waals surface area contributed by atoms with Crippen LogP contribution in [0.5, 0.6) is 0 Å².